The number of nitrogens with one attached hydrogen (secondary N) is 1. The van der Waals surface area contributed by atoms with E-state index in [4.69, 9.17) is 0 Å². The Labute approximate surface area is 119 Å². The van der Waals surface area contributed by atoms with Crippen LogP contribution >= 0.6 is 31.9 Å². The molecular weight excluding hydrogens is 346 g/mol. The number of alkyl halides is 1. The van der Waals surface area contributed by atoms with Crippen LogP contribution in [0, 0.1) is 6.92 Å². The summed E-state index contributed by atoms with van der Waals surface area (Å²) in [6.07, 6.45) is 2.06. The van der Waals surface area contributed by atoms with E-state index in [1.54, 1.807) is 0 Å². The third kappa shape index (κ3) is 4.80. The Hall–Kier alpha value is -0.350. The molecule has 0 aliphatic carbocycles. The highest BCUT2D eigenvalue weighted by Crippen LogP contribution is 2.16. The van der Waals surface area contributed by atoms with E-state index in [9.17, 15) is 4.79 Å². The molecule has 1 unspecified atom stereocenters. The topological polar surface area (TPSA) is 29.1 Å². The highest BCUT2D eigenvalue weighted by Gasteiger charge is 2.11. The molecule has 0 aromatic heterocycles. The Kier molecular flexibility index (Phi) is 6.20. The number of amides is 1. The Bertz CT molecular complexity index is 393. The normalized spacial score (nSPS) is 12.2. The first-order valence-corrected chi connectivity index (χ1v) is 7.59. The lowest BCUT2D eigenvalue weighted by Crippen LogP contribution is -2.32. The fraction of sp³-hybridized carbons (Fsp3) is 0.462. The number of rotatable bonds is 5. The summed E-state index contributed by atoms with van der Waals surface area (Å²) in [6, 6.07) is 5.91. The molecule has 1 aromatic carbocycles. The van der Waals surface area contributed by atoms with Gasteiger partial charge in [-0.05, 0) is 50.5 Å². The first-order chi connectivity index (χ1) is 8.04. The van der Waals surface area contributed by atoms with Gasteiger partial charge >= 0.3 is 0 Å². The molecule has 1 aromatic rings. The van der Waals surface area contributed by atoms with Crippen molar-refractivity contribution < 1.29 is 4.79 Å². The third-order valence-electron chi connectivity index (χ3n) is 2.58. The summed E-state index contributed by atoms with van der Waals surface area (Å²) in [6.45, 7) is 3.98. The van der Waals surface area contributed by atoms with Crippen molar-refractivity contribution in [3.63, 3.8) is 0 Å². The Morgan fingerprint density at radius 2 is 2.18 bits per heavy atom. The van der Waals surface area contributed by atoms with Crippen molar-refractivity contribution in [2.24, 2.45) is 0 Å². The number of hydrogen-bond donors (Lipinski definition) is 1. The van der Waals surface area contributed by atoms with Crippen LogP contribution in [0.5, 0.6) is 0 Å². The van der Waals surface area contributed by atoms with Crippen LogP contribution < -0.4 is 5.32 Å². The molecule has 4 heteroatoms. The minimum absolute atomic E-state index is 0.0112. The van der Waals surface area contributed by atoms with Gasteiger partial charge in [-0.25, -0.2) is 0 Å². The highest BCUT2D eigenvalue weighted by molar-refractivity contribution is 9.10. The molecule has 0 fully saturated rings. The van der Waals surface area contributed by atoms with Crippen molar-refractivity contribution in [1.82, 2.24) is 5.32 Å². The average molecular weight is 363 g/mol. The Balaban J connectivity index is 2.63. The SMILES string of the molecule is Cc1cc(Br)ccc1C(=O)NC(C)CCCBr. The van der Waals surface area contributed by atoms with Gasteiger partial charge in [0.2, 0.25) is 0 Å². The van der Waals surface area contributed by atoms with Gasteiger partial charge in [0.1, 0.15) is 0 Å². The maximum atomic E-state index is 12.0. The zero-order valence-electron chi connectivity index (χ0n) is 10.1. The fourth-order valence-corrected chi connectivity index (χ4v) is 2.44. The summed E-state index contributed by atoms with van der Waals surface area (Å²) in [7, 11) is 0. The van der Waals surface area contributed by atoms with Crippen molar-refractivity contribution in [3.8, 4) is 0 Å². The lowest BCUT2D eigenvalue weighted by molar-refractivity contribution is 0.0938. The van der Waals surface area contributed by atoms with Crippen LogP contribution in [-0.2, 0) is 0 Å². The van der Waals surface area contributed by atoms with Gasteiger partial charge in [-0.1, -0.05) is 31.9 Å². The van der Waals surface area contributed by atoms with Gasteiger partial charge in [-0.15, -0.1) is 0 Å². The molecule has 0 aliphatic rings. The predicted molar refractivity (Wildman–Crippen MR) is 78.8 cm³/mol. The molecule has 0 heterocycles. The molecule has 0 spiro atoms. The Morgan fingerprint density at radius 1 is 1.47 bits per heavy atom. The first-order valence-electron chi connectivity index (χ1n) is 5.67. The maximum absolute atomic E-state index is 12.0. The summed E-state index contributed by atoms with van der Waals surface area (Å²) < 4.78 is 0.999. The van der Waals surface area contributed by atoms with Gasteiger partial charge in [0, 0.05) is 21.4 Å². The van der Waals surface area contributed by atoms with E-state index in [2.05, 4.69) is 37.2 Å². The highest BCUT2D eigenvalue weighted by atomic mass is 79.9. The van der Waals surface area contributed by atoms with E-state index in [0.29, 0.717) is 0 Å². The molecule has 2 nitrogen and oxygen atoms in total. The van der Waals surface area contributed by atoms with Gasteiger partial charge in [0.15, 0.2) is 0 Å². The first kappa shape index (κ1) is 14.7. The second kappa shape index (κ2) is 7.17. The molecule has 17 heavy (non-hydrogen) atoms. The summed E-state index contributed by atoms with van der Waals surface area (Å²) in [5.41, 5.74) is 1.74. The summed E-state index contributed by atoms with van der Waals surface area (Å²) in [5, 5.41) is 3.99. The predicted octanol–water partition coefficient (Wildman–Crippen LogP) is 4.05. The monoisotopic (exact) mass is 361 g/mol. The molecule has 0 aliphatic heterocycles. The summed E-state index contributed by atoms with van der Waals surface area (Å²) in [5.74, 6) is 0.0112. The molecule has 1 atom stereocenters. The number of carbonyl (C=O) groups excluding carboxylic acids is 1. The molecular formula is C13H17Br2NO. The van der Waals surface area contributed by atoms with E-state index in [1.807, 2.05) is 32.0 Å². The second-order valence-electron chi connectivity index (χ2n) is 4.16. The lowest BCUT2D eigenvalue weighted by Gasteiger charge is -2.14. The third-order valence-corrected chi connectivity index (χ3v) is 3.64. The van der Waals surface area contributed by atoms with E-state index in [1.165, 1.54) is 0 Å². The second-order valence-corrected chi connectivity index (χ2v) is 5.87. The van der Waals surface area contributed by atoms with Gasteiger partial charge in [-0.3, -0.25) is 4.79 Å². The average Bonchev–Trinajstić information content (AvgIpc) is 2.26. The number of aryl methyl sites for hydroxylation is 1. The van der Waals surface area contributed by atoms with Crippen LogP contribution in [0.15, 0.2) is 22.7 Å². The zero-order valence-corrected chi connectivity index (χ0v) is 13.3. The number of carbonyl (C=O) groups is 1. The molecule has 0 bridgehead atoms. The van der Waals surface area contributed by atoms with Crippen LogP contribution in [0.1, 0.15) is 35.7 Å². The quantitative estimate of drug-likeness (QED) is 0.786. The summed E-state index contributed by atoms with van der Waals surface area (Å²) >= 11 is 6.78. The van der Waals surface area contributed by atoms with E-state index < -0.39 is 0 Å². The molecule has 0 saturated carbocycles. The molecule has 0 saturated heterocycles. The van der Waals surface area contributed by atoms with Crippen LogP contribution in [0.3, 0.4) is 0 Å². The Morgan fingerprint density at radius 3 is 2.76 bits per heavy atom. The van der Waals surface area contributed by atoms with E-state index in [-0.39, 0.29) is 11.9 Å². The van der Waals surface area contributed by atoms with Gasteiger partial charge in [-0.2, -0.15) is 0 Å². The van der Waals surface area contributed by atoms with Crippen molar-refractivity contribution in [3.05, 3.63) is 33.8 Å². The molecule has 1 amide bonds. The van der Waals surface area contributed by atoms with E-state index in [0.717, 1.165) is 33.8 Å². The van der Waals surface area contributed by atoms with Crippen molar-refractivity contribution in [2.45, 2.75) is 32.7 Å². The molecule has 1 N–H and O–H groups in total. The van der Waals surface area contributed by atoms with Crippen LogP contribution in [-0.4, -0.2) is 17.3 Å². The molecule has 0 radical (unpaired) electrons. The van der Waals surface area contributed by atoms with Crippen molar-refractivity contribution in [1.29, 1.82) is 0 Å². The van der Waals surface area contributed by atoms with Crippen molar-refractivity contribution >= 4 is 37.8 Å². The smallest absolute Gasteiger partial charge is 0.251 e. The maximum Gasteiger partial charge on any atom is 0.251 e. The van der Waals surface area contributed by atoms with Gasteiger partial charge in [0.25, 0.3) is 5.91 Å². The molecule has 1 rings (SSSR count). The lowest BCUT2D eigenvalue weighted by atomic mass is 10.1. The zero-order chi connectivity index (χ0) is 12.8. The van der Waals surface area contributed by atoms with Gasteiger partial charge in [0.05, 0.1) is 0 Å². The van der Waals surface area contributed by atoms with Crippen LogP contribution in [0.2, 0.25) is 0 Å². The van der Waals surface area contributed by atoms with Crippen LogP contribution in [0.25, 0.3) is 0 Å². The van der Waals surface area contributed by atoms with E-state index >= 15 is 0 Å². The fourth-order valence-electron chi connectivity index (χ4n) is 1.64. The molecule has 94 valence electrons. The minimum Gasteiger partial charge on any atom is -0.350 e. The largest absolute Gasteiger partial charge is 0.350 e. The van der Waals surface area contributed by atoms with Crippen LogP contribution in [0.4, 0.5) is 0 Å². The standard InChI is InChI=1S/C13H17Br2NO/c1-9-8-11(15)5-6-12(9)13(17)16-10(2)4-3-7-14/h5-6,8,10H,3-4,7H2,1-2H3,(H,16,17). The number of benzene rings is 1. The number of halogens is 2. The minimum atomic E-state index is 0.0112. The summed E-state index contributed by atoms with van der Waals surface area (Å²) in [4.78, 5) is 12.0. The number of hydrogen-bond acceptors (Lipinski definition) is 1. The van der Waals surface area contributed by atoms with Gasteiger partial charge < -0.3 is 5.32 Å². The van der Waals surface area contributed by atoms with Crippen molar-refractivity contribution in [2.75, 3.05) is 5.33 Å².